The van der Waals surface area contributed by atoms with Gasteiger partial charge in [0.25, 0.3) is 11.5 Å². The summed E-state index contributed by atoms with van der Waals surface area (Å²) in [6.07, 6.45) is 0. The number of aromatic nitrogens is 3. The number of hydrogen-bond acceptors (Lipinski definition) is 7. The summed E-state index contributed by atoms with van der Waals surface area (Å²) in [5, 5.41) is 4.34. The van der Waals surface area contributed by atoms with E-state index in [2.05, 4.69) is 10.1 Å². The molecule has 31 heavy (non-hydrogen) atoms. The zero-order valence-electron chi connectivity index (χ0n) is 16.7. The zero-order chi connectivity index (χ0) is 21.7. The number of thiazole rings is 1. The molecule has 0 fully saturated rings. The van der Waals surface area contributed by atoms with Crippen LogP contribution in [0.5, 0.6) is 5.75 Å². The normalized spacial score (nSPS) is 14.9. The number of ether oxygens (including phenoxy) is 1. The number of rotatable bonds is 3. The van der Waals surface area contributed by atoms with Crippen molar-refractivity contribution in [3.05, 3.63) is 69.0 Å². The third kappa shape index (κ3) is 2.93. The average Bonchev–Trinajstić information content (AvgIpc) is 3.38. The van der Waals surface area contributed by atoms with Crippen molar-refractivity contribution in [2.24, 2.45) is 0 Å². The van der Waals surface area contributed by atoms with Crippen LogP contribution >= 0.6 is 11.3 Å². The molecular formula is C22H16N4O4S. The van der Waals surface area contributed by atoms with E-state index in [-0.39, 0.29) is 11.7 Å². The monoisotopic (exact) mass is 432 g/mol. The van der Waals surface area contributed by atoms with E-state index >= 15 is 0 Å². The topological polar surface area (TPSA) is 93.9 Å². The SMILES string of the molecule is CCN1C(=O)/C(=c2\sc3nc(-c4ccccc4OC(C)=O)nn3c2=O)c2ccccc21. The summed E-state index contributed by atoms with van der Waals surface area (Å²) in [6, 6.07) is 14.3. The molecule has 4 aromatic rings. The fourth-order valence-electron chi connectivity index (χ4n) is 3.71. The number of amides is 1. The van der Waals surface area contributed by atoms with Gasteiger partial charge in [-0.25, -0.2) is 0 Å². The van der Waals surface area contributed by atoms with Crippen molar-refractivity contribution < 1.29 is 14.3 Å². The van der Waals surface area contributed by atoms with E-state index in [9.17, 15) is 14.4 Å². The first-order chi connectivity index (χ1) is 15.0. The molecule has 3 heterocycles. The first kappa shape index (κ1) is 19.1. The second-order valence-corrected chi connectivity index (χ2v) is 7.88. The third-order valence-corrected chi connectivity index (χ3v) is 6.04. The highest BCUT2D eigenvalue weighted by molar-refractivity contribution is 7.15. The van der Waals surface area contributed by atoms with Crippen LogP contribution in [0.4, 0.5) is 5.69 Å². The zero-order valence-corrected chi connectivity index (χ0v) is 17.5. The molecule has 1 aliphatic heterocycles. The molecule has 1 amide bonds. The van der Waals surface area contributed by atoms with Crippen LogP contribution in [0.3, 0.4) is 0 Å². The summed E-state index contributed by atoms with van der Waals surface area (Å²) in [5.74, 6) is -0.0832. The molecule has 9 heteroatoms. The van der Waals surface area contributed by atoms with Gasteiger partial charge in [-0.1, -0.05) is 41.7 Å². The predicted octanol–water partition coefficient (Wildman–Crippen LogP) is 2.03. The van der Waals surface area contributed by atoms with Gasteiger partial charge < -0.3 is 9.64 Å². The van der Waals surface area contributed by atoms with Crippen molar-refractivity contribution in [3.63, 3.8) is 0 Å². The fourth-order valence-corrected chi connectivity index (χ4v) is 4.71. The number of fused-ring (bicyclic) bond motifs is 2. The van der Waals surface area contributed by atoms with Gasteiger partial charge in [-0.05, 0) is 25.1 Å². The van der Waals surface area contributed by atoms with Gasteiger partial charge in [0.05, 0.1) is 16.8 Å². The van der Waals surface area contributed by atoms with E-state index in [1.807, 2.05) is 31.2 Å². The maximum absolute atomic E-state index is 13.2. The molecule has 0 spiro atoms. The summed E-state index contributed by atoms with van der Waals surface area (Å²) in [4.78, 5) is 44.1. The van der Waals surface area contributed by atoms with Crippen molar-refractivity contribution in [3.8, 4) is 17.1 Å². The Labute approximate surface area is 180 Å². The minimum atomic E-state index is -0.462. The first-order valence-corrected chi connectivity index (χ1v) is 10.4. The molecule has 1 aliphatic rings. The quantitative estimate of drug-likeness (QED) is 0.363. The maximum atomic E-state index is 13.2. The highest BCUT2D eigenvalue weighted by Crippen LogP contribution is 2.35. The number of anilines is 1. The summed E-state index contributed by atoms with van der Waals surface area (Å²) in [6.45, 7) is 3.71. The highest BCUT2D eigenvalue weighted by Gasteiger charge is 2.33. The van der Waals surface area contributed by atoms with Gasteiger partial charge in [0.15, 0.2) is 5.82 Å². The Balaban J connectivity index is 1.70. The van der Waals surface area contributed by atoms with Crippen LogP contribution in [0.15, 0.2) is 53.3 Å². The summed E-state index contributed by atoms with van der Waals surface area (Å²) in [5.41, 5.74) is 2.00. The molecule has 2 aromatic carbocycles. The van der Waals surface area contributed by atoms with Crippen LogP contribution in [0, 0.1) is 0 Å². The van der Waals surface area contributed by atoms with E-state index in [0.717, 1.165) is 22.6 Å². The number of esters is 1. The Bertz CT molecular complexity index is 1490. The van der Waals surface area contributed by atoms with Gasteiger partial charge in [0.1, 0.15) is 10.3 Å². The molecule has 0 N–H and O–H groups in total. The van der Waals surface area contributed by atoms with Crippen LogP contribution in [0.1, 0.15) is 19.4 Å². The number of carbonyl (C=O) groups excluding carboxylic acids is 2. The molecule has 2 aromatic heterocycles. The lowest BCUT2D eigenvalue weighted by molar-refractivity contribution is -0.131. The minimum absolute atomic E-state index is 0.203. The summed E-state index contributed by atoms with van der Waals surface area (Å²) >= 11 is 1.12. The number of likely N-dealkylation sites (N-methyl/N-ethyl adjacent to an activating group) is 1. The van der Waals surface area contributed by atoms with Crippen molar-refractivity contribution in [2.75, 3.05) is 11.4 Å². The van der Waals surface area contributed by atoms with Crippen LogP contribution < -0.4 is 19.7 Å². The molecule has 0 unspecified atom stereocenters. The Morgan fingerprint density at radius 3 is 2.48 bits per heavy atom. The van der Waals surface area contributed by atoms with Crippen LogP contribution in [0.2, 0.25) is 0 Å². The van der Waals surface area contributed by atoms with Crippen LogP contribution in [-0.4, -0.2) is 33.0 Å². The van der Waals surface area contributed by atoms with Crippen molar-refractivity contribution >= 4 is 39.4 Å². The predicted molar refractivity (Wildman–Crippen MR) is 116 cm³/mol. The van der Waals surface area contributed by atoms with E-state index < -0.39 is 11.5 Å². The van der Waals surface area contributed by atoms with E-state index in [4.69, 9.17) is 4.74 Å². The molecule has 0 atom stereocenters. The third-order valence-electron chi connectivity index (χ3n) is 5.01. The number of benzene rings is 2. The second-order valence-electron chi connectivity index (χ2n) is 6.90. The van der Waals surface area contributed by atoms with Crippen LogP contribution in [-0.2, 0) is 9.59 Å². The number of carbonyl (C=O) groups is 2. The Hall–Kier alpha value is -3.85. The smallest absolute Gasteiger partial charge is 0.308 e. The fraction of sp³-hybridized carbons (Fsp3) is 0.136. The Morgan fingerprint density at radius 1 is 1.06 bits per heavy atom. The largest absolute Gasteiger partial charge is 0.426 e. The van der Waals surface area contributed by atoms with Gasteiger partial charge in [-0.15, -0.1) is 5.10 Å². The first-order valence-electron chi connectivity index (χ1n) is 9.62. The summed E-state index contributed by atoms with van der Waals surface area (Å²) < 4.78 is 6.73. The molecule has 0 bridgehead atoms. The van der Waals surface area contributed by atoms with Gasteiger partial charge in [0, 0.05) is 19.0 Å². The lowest BCUT2D eigenvalue weighted by atomic mass is 10.1. The molecule has 0 saturated carbocycles. The molecular weight excluding hydrogens is 416 g/mol. The number of hydrogen-bond donors (Lipinski definition) is 0. The van der Waals surface area contributed by atoms with E-state index in [0.29, 0.717) is 32.9 Å². The lowest BCUT2D eigenvalue weighted by Gasteiger charge is -2.13. The molecule has 8 nitrogen and oxygen atoms in total. The van der Waals surface area contributed by atoms with Gasteiger partial charge >= 0.3 is 5.97 Å². The van der Waals surface area contributed by atoms with Crippen molar-refractivity contribution in [1.29, 1.82) is 0 Å². The Morgan fingerprint density at radius 2 is 1.77 bits per heavy atom. The van der Waals surface area contributed by atoms with Gasteiger partial charge in [0.2, 0.25) is 4.96 Å². The number of nitrogens with zero attached hydrogens (tertiary/aromatic N) is 4. The number of para-hydroxylation sites is 2. The van der Waals surface area contributed by atoms with E-state index in [1.165, 1.54) is 11.4 Å². The summed E-state index contributed by atoms with van der Waals surface area (Å²) in [7, 11) is 0. The standard InChI is InChI=1S/C22H16N4O4S/c1-3-25-15-10-6-4-8-13(15)17(20(25)28)18-21(29)26-22(31-18)23-19(24-26)14-9-5-7-11-16(14)30-12(2)27/h4-11H,3H2,1-2H3/b18-17-. The van der Waals surface area contributed by atoms with Gasteiger partial charge in [-0.2, -0.15) is 9.50 Å². The molecule has 154 valence electrons. The highest BCUT2D eigenvalue weighted by atomic mass is 32.1. The molecule has 0 radical (unpaired) electrons. The maximum Gasteiger partial charge on any atom is 0.308 e. The molecule has 0 saturated heterocycles. The Kier molecular flexibility index (Phi) is 4.40. The second kappa shape index (κ2) is 7.13. The van der Waals surface area contributed by atoms with Crippen molar-refractivity contribution in [2.45, 2.75) is 13.8 Å². The molecule has 0 aliphatic carbocycles. The van der Waals surface area contributed by atoms with Crippen molar-refractivity contribution in [1.82, 2.24) is 14.6 Å². The molecule has 5 rings (SSSR count). The average molecular weight is 432 g/mol. The van der Waals surface area contributed by atoms with E-state index in [1.54, 1.807) is 29.2 Å². The minimum Gasteiger partial charge on any atom is -0.426 e. The van der Waals surface area contributed by atoms with Gasteiger partial charge in [-0.3, -0.25) is 14.4 Å². The van der Waals surface area contributed by atoms with Crippen LogP contribution in [0.25, 0.3) is 21.9 Å². The lowest BCUT2D eigenvalue weighted by Crippen LogP contribution is -2.32.